The predicted octanol–water partition coefficient (Wildman–Crippen LogP) is 0.319. The third-order valence-corrected chi connectivity index (χ3v) is 2.74. The molecule has 0 aliphatic carbocycles. The van der Waals surface area contributed by atoms with Gasteiger partial charge in [0.25, 0.3) is 0 Å². The molecular weight excluding hydrogens is 294 g/mol. The molecule has 22 heavy (non-hydrogen) atoms. The van der Waals surface area contributed by atoms with Crippen LogP contribution in [0.1, 0.15) is 31.2 Å². The number of hydrazone groups is 1. The second-order valence-corrected chi connectivity index (χ2v) is 4.41. The van der Waals surface area contributed by atoms with Gasteiger partial charge in [-0.3, -0.25) is 14.8 Å². The Bertz CT molecular complexity index is 573. The summed E-state index contributed by atoms with van der Waals surface area (Å²) in [6.07, 6.45) is 2.26. The Morgan fingerprint density at radius 3 is 2.32 bits per heavy atom. The Balaban J connectivity index is 2.38. The number of benzene rings is 1. The topological polar surface area (TPSA) is 151 Å². The summed E-state index contributed by atoms with van der Waals surface area (Å²) in [5, 5.41) is 39.9. The SMILES string of the molecule is O=C(CCCCC(=O)N/N=C/c1ccc(O)c(O)c1O)NO. The molecular formula is C13H17N3O6. The van der Waals surface area contributed by atoms with Gasteiger partial charge in [0.2, 0.25) is 17.6 Å². The number of phenolic OH excluding ortho intramolecular Hbond substituents is 3. The van der Waals surface area contributed by atoms with Gasteiger partial charge in [-0.05, 0) is 25.0 Å². The quantitative estimate of drug-likeness (QED) is 0.140. The van der Waals surface area contributed by atoms with E-state index in [0.717, 1.165) is 6.21 Å². The van der Waals surface area contributed by atoms with Crippen LogP contribution in [-0.4, -0.2) is 38.6 Å². The number of hydrogen-bond acceptors (Lipinski definition) is 7. The second kappa shape index (κ2) is 8.47. The van der Waals surface area contributed by atoms with E-state index in [-0.39, 0.29) is 24.3 Å². The van der Waals surface area contributed by atoms with E-state index in [1.807, 2.05) is 0 Å². The normalized spacial score (nSPS) is 10.6. The van der Waals surface area contributed by atoms with Gasteiger partial charge in [-0.25, -0.2) is 10.9 Å². The first-order valence-corrected chi connectivity index (χ1v) is 6.44. The van der Waals surface area contributed by atoms with E-state index >= 15 is 0 Å². The molecule has 1 rings (SSSR count). The zero-order valence-corrected chi connectivity index (χ0v) is 11.6. The number of aromatic hydroxyl groups is 3. The van der Waals surface area contributed by atoms with Gasteiger partial charge in [0.1, 0.15) is 0 Å². The van der Waals surface area contributed by atoms with Gasteiger partial charge < -0.3 is 15.3 Å². The molecule has 1 aromatic carbocycles. The van der Waals surface area contributed by atoms with Crippen LogP contribution in [0.25, 0.3) is 0 Å². The minimum absolute atomic E-state index is 0.119. The Kier molecular flexibility index (Phi) is 6.64. The first-order chi connectivity index (χ1) is 10.5. The molecule has 0 aliphatic rings. The van der Waals surface area contributed by atoms with Crippen molar-refractivity contribution < 1.29 is 30.1 Å². The van der Waals surface area contributed by atoms with Crippen molar-refractivity contribution in [3.05, 3.63) is 17.7 Å². The van der Waals surface area contributed by atoms with Crippen LogP contribution < -0.4 is 10.9 Å². The molecule has 2 amide bonds. The summed E-state index contributed by atoms with van der Waals surface area (Å²) in [4.78, 5) is 22.1. The van der Waals surface area contributed by atoms with Crippen molar-refractivity contribution >= 4 is 18.0 Å². The number of carbonyl (C=O) groups excluding carboxylic acids is 2. The fraction of sp³-hybridized carbons (Fsp3) is 0.308. The van der Waals surface area contributed by atoms with E-state index in [1.165, 1.54) is 17.6 Å². The highest BCUT2D eigenvalue weighted by Crippen LogP contribution is 2.36. The number of phenols is 3. The minimum atomic E-state index is -0.669. The highest BCUT2D eigenvalue weighted by molar-refractivity contribution is 5.86. The average molecular weight is 311 g/mol. The van der Waals surface area contributed by atoms with Gasteiger partial charge in [-0.2, -0.15) is 5.10 Å². The van der Waals surface area contributed by atoms with E-state index in [4.69, 9.17) is 10.3 Å². The molecule has 0 heterocycles. The van der Waals surface area contributed by atoms with Gasteiger partial charge in [-0.1, -0.05) is 0 Å². The molecule has 9 heteroatoms. The van der Waals surface area contributed by atoms with E-state index in [0.29, 0.717) is 12.8 Å². The van der Waals surface area contributed by atoms with E-state index < -0.39 is 23.2 Å². The first-order valence-electron chi connectivity index (χ1n) is 6.44. The number of unbranched alkanes of at least 4 members (excludes halogenated alkanes) is 1. The lowest BCUT2D eigenvalue weighted by Gasteiger charge is -2.03. The molecule has 0 saturated heterocycles. The Morgan fingerprint density at radius 2 is 1.68 bits per heavy atom. The van der Waals surface area contributed by atoms with Gasteiger partial charge >= 0.3 is 0 Å². The minimum Gasteiger partial charge on any atom is -0.504 e. The fourth-order valence-electron chi connectivity index (χ4n) is 1.55. The molecule has 0 unspecified atom stereocenters. The summed E-state index contributed by atoms with van der Waals surface area (Å²) in [6.45, 7) is 0. The molecule has 0 aromatic heterocycles. The Labute approximate surface area is 125 Å². The second-order valence-electron chi connectivity index (χ2n) is 4.41. The third-order valence-electron chi connectivity index (χ3n) is 2.74. The number of nitrogens with one attached hydrogen (secondary N) is 2. The lowest BCUT2D eigenvalue weighted by molar-refractivity contribution is -0.129. The lowest BCUT2D eigenvalue weighted by atomic mass is 10.2. The molecule has 0 radical (unpaired) electrons. The van der Waals surface area contributed by atoms with Gasteiger partial charge in [-0.15, -0.1) is 0 Å². The average Bonchev–Trinajstić information content (AvgIpc) is 2.51. The number of rotatable bonds is 7. The van der Waals surface area contributed by atoms with Crippen LogP contribution in [0.15, 0.2) is 17.2 Å². The van der Waals surface area contributed by atoms with Crippen LogP contribution in [0, 0.1) is 0 Å². The lowest BCUT2D eigenvalue weighted by Crippen LogP contribution is -2.19. The molecule has 0 fully saturated rings. The van der Waals surface area contributed by atoms with Crippen molar-refractivity contribution in [3.63, 3.8) is 0 Å². The maximum Gasteiger partial charge on any atom is 0.243 e. The van der Waals surface area contributed by atoms with Crippen LogP contribution in [0.3, 0.4) is 0 Å². The number of amides is 2. The maximum atomic E-state index is 11.4. The molecule has 0 atom stereocenters. The predicted molar refractivity (Wildman–Crippen MR) is 75.6 cm³/mol. The van der Waals surface area contributed by atoms with Crippen LogP contribution in [0.5, 0.6) is 17.2 Å². The molecule has 0 saturated carbocycles. The van der Waals surface area contributed by atoms with E-state index in [1.54, 1.807) is 0 Å². The van der Waals surface area contributed by atoms with Crippen molar-refractivity contribution in [3.8, 4) is 17.2 Å². The standard InChI is InChI=1S/C13H17N3O6/c17-9-6-5-8(12(20)13(9)21)7-14-15-10(18)3-1-2-4-11(19)16-22/h5-7,17,20-22H,1-4H2,(H,15,18)(H,16,19)/b14-7+. The largest absolute Gasteiger partial charge is 0.504 e. The van der Waals surface area contributed by atoms with Crippen molar-refractivity contribution in [1.82, 2.24) is 10.9 Å². The van der Waals surface area contributed by atoms with Crippen LogP contribution in [0.2, 0.25) is 0 Å². The third kappa shape index (κ3) is 5.29. The summed E-state index contributed by atoms with van der Waals surface area (Å²) in [5.74, 6) is -2.58. The Morgan fingerprint density at radius 1 is 1.05 bits per heavy atom. The summed E-state index contributed by atoms with van der Waals surface area (Å²) >= 11 is 0. The number of carbonyl (C=O) groups is 2. The number of hydroxylamine groups is 1. The van der Waals surface area contributed by atoms with Gasteiger partial charge in [0.05, 0.1) is 6.21 Å². The molecule has 0 spiro atoms. The summed E-state index contributed by atoms with van der Waals surface area (Å²) in [7, 11) is 0. The van der Waals surface area contributed by atoms with Crippen molar-refractivity contribution in [2.24, 2.45) is 5.10 Å². The van der Waals surface area contributed by atoms with Crippen LogP contribution in [-0.2, 0) is 9.59 Å². The monoisotopic (exact) mass is 311 g/mol. The molecule has 9 nitrogen and oxygen atoms in total. The molecule has 120 valence electrons. The molecule has 0 bridgehead atoms. The number of hydrogen-bond donors (Lipinski definition) is 6. The molecule has 6 N–H and O–H groups in total. The number of nitrogens with zero attached hydrogens (tertiary/aromatic N) is 1. The van der Waals surface area contributed by atoms with E-state index in [9.17, 15) is 19.8 Å². The van der Waals surface area contributed by atoms with Crippen LogP contribution >= 0.6 is 0 Å². The zero-order chi connectivity index (χ0) is 16.5. The van der Waals surface area contributed by atoms with Gasteiger partial charge in [0, 0.05) is 18.4 Å². The highest BCUT2D eigenvalue weighted by atomic mass is 16.5. The smallest absolute Gasteiger partial charge is 0.243 e. The van der Waals surface area contributed by atoms with Crippen molar-refractivity contribution in [1.29, 1.82) is 0 Å². The summed E-state index contributed by atoms with van der Waals surface area (Å²) < 4.78 is 0. The van der Waals surface area contributed by atoms with Crippen LogP contribution in [0.4, 0.5) is 0 Å². The van der Waals surface area contributed by atoms with Gasteiger partial charge in [0.15, 0.2) is 11.5 Å². The maximum absolute atomic E-state index is 11.4. The first kappa shape index (κ1) is 17.2. The van der Waals surface area contributed by atoms with Crippen molar-refractivity contribution in [2.45, 2.75) is 25.7 Å². The molecule has 0 aliphatic heterocycles. The highest BCUT2D eigenvalue weighted by Gasteiger charge is 2.09. The van der Waals surface area contributed by atoms with E-state index in [2.05, 4.69) is 10.5 Å². The summed E-state index contributed by atoms with van der Waals surface area (Å²) in [5.41, 5.74) is 3.83. The Hall–Kier alpha value is -2.81. The fourth-order valence-corrected chi connectivity index (χ4v) is 1.55. The summed E-state index contributed by atoms with van der Waals surface area (Å²) in [6, 6.07) is 2.48. The zero-order valence-electron chi connectivity index (χ0n) is 11.6. The molecule has 1 aromatic rings. The van der Waals surface area contributed by atoms with Crippen molar-refractivity contribution in [2.75, 3.05) is 0 Å².